The molecule has 5 nitrogen and oxygen atoms in total. The molecular formula is C11H9NO4. The van der Waals surface area contributed by atoms with Gasteiger partial charge in [0.2, 0.25) is 0 Å². The maximum atomic E-state index is 10.7. The molecule has 1 aromatic rings. The van der Waals surface area contributed by atoms with Gasteiger partial charge in [0, 0.05) is 6.07 Å². The van der Waals surface area contributed by atoms with Crippen LogP contribution in [0.25, 0.3) is 0 Å². The molecule has 1 aromatic carbocycles. The van der Waals surface area contributed by atoms with E-state index in [1.54, 1.807) is 6.07 Å². The fourth-order valence-corrected chi connectivity index (χ4v) is 1.15. The first-order valence-electron chi connectivity index (χ1n) is 4.44. The second-order valence-electron chi connectivity index (χ2n) is 2.78. The van der Waals surface area contributed by atoms with Gasteiger partial charge in [0.15, 0.2) is 0 Å². The largest absolute Gasteiger partial charge is 0.495 e. The van der Waals surface area contributed by atoms with Crippen molar-refractivity contribution in [1.82, 2.24) is 0 Å². The Morgan fingerprint density at radius 2 is 2.31 bits per heavy atom. The number of nitro groups is 1. The van der Waals surface area contributed by atoms with E-state index in [0.29, 0.717) is 12.0 Å². The molecule has 82 valence electrons. The number of aldehydes is 1. The number of carbonyl (C=O) groups excluding carboxylic acids is 1. The van der Waals surface area contributed by atoms with Crippen molar-refractivity contribution < 1.29 is 14.5 Å². The van der Waals surface area contributed by atoms with Gasteiger partial charge in [0.05, 0.1) is 18.5 Å². The highest BCUT2D eigenvalue weighted by atomic mass is 16.6. The van der Waals surface area contributed by atoms with Gasteiger partial charge in [-0.3, -0.25) is 10.1 Å². The van der Waals surface area contributed by atoms with E-state index in [2.05, 4.69) is 11.8 Å². The summed E-state index contributed by atoms with van der Waals surface area (Å²) < 4.78 is 4.97. The van der Waals surface area contributed by atoms with Crippen molar-refractivity contribution in [1.29, 1.82) is 0 Å². The monoisotopic (exact) mass is 219 g/mol. The molecule has 0 saturated carbocycles. The number of rotatable bonds is 3. The van der Waals surface area contributed by atoms with E-state index in [4.69, 9.17) is 4.74 Å². The highest BCUT2D eigenvalue weighted by Gasteiger charge is 2.15. The van der Waals surface area contributed by atoms with Crippen LogP contribution in [0.15, 0.2) is 18.2 Å². The van der Waals surface area contributed by atoms with Gasteiger partial charge in [-0.1, -0.05) is 17.9 Å². The predicted octanol–water partition coefficient (Wildman–Crippen LogP) is 1.54. The van der Waals surface area contributed by atoms with Crippen molar-refractivity contribution in [2.24, 2.45) is 0 Å². The molecule has 0 aliphatic carbocycles. The quantitative estimate of drug-likeness (QED) is 0.334. The first-order chi connectivity index (χ1) is 7.70. The molecule has 0 saturated heterocycles. The molecule has 0 aliphatic heterocycles. The van der Waals surface area contributed by atoms with Crippen LogP contribution in [0.5, 0.6) is 5.75 Å². The third-order valence-electron chi connectivity index (χ3n) is 1.82. The van der Waals surface area contributed by atoms with E-state index < -0.39 is 4.92 Å². The van der Waals surface area contributed by atoms with Crippen molar-refractivity contribution in [3.8, 4) is 17.6 Å². The Morgan fingerprint density at radius 1 is 1.56 bits per heavy atom. The normalized spacial score (nSPS) is 8.81. The van der Waals surface area contributed by atoms with Gasteiger partial charge in [-0.15, -0.1) is 0 Å². The van der Waals surface area contributed by atoms with Crippen molar-refractivity contribution in [3.63, 3.8) is 0 Å². The second-order valence-corrected chi connectivity index (χ2v) is 2.78. The summed E-state index contributed by atoms with van der Waals surface area (Å²) in [4.78, 5) is 20.3. The molecule has 0 spiro atoms. The Kier molecular flexibility index (Phi) is 4.04. The molecule has 0 unspecified atom stereocenters. The lowest BCUT2D eigenvalue weighted by molar-refractivity contribution is -0.385. The fraction of sp³-hybridized carbons (Fsp3) is 0.182. The molecule has 16 heavy (non-hydrogen) atoms. The smallest absolute Gasteiger partial charge is 0.288 e. The van der Waals surface area contributed by atoms with Gasteiger partial charge in [0.25, 0.3) is 5.69 Å². The maximum absolute atomic E-state index is 10.7. The van der Waals surface area contributed by atoms with E-state index in [-0.39, 0.29) is 17.7 Å². The Morgan fingerprint density at radius 3 is 2.88 bits per heavy atom. The summed E-state index contributed by atoms with van der Waals surface area (Å²) in [6.07, 6.45) is 0.670. The van der Waals surface area contributed by atoms with E-state index in [0.717, 1.165) is 0 Å². The number of nitro benzene ring substituents is 1. The Balaban J connectivity index is 3.26. The highest BCUT2D eigenvalue weighted by molar-refractivity contribution is 5.61. The second kappa shape index (κ2) is 5.51. The van der Waals surface area contributed by atoms with Crippen molar-refractivity contribution >= 4 is 12.0 Å². The number of ether oxygens (including phenoxy) is 1. The summed E-state index contributed by atoms with van der Waals surface area (Å²) in [5, 5.41) is 10.7. The van der Waals surface area contributed by atoms with Gasteiger partial charge < -0.3 is 9.53 Å². The lowest BCUT2D eigenvalue weighted by Crippen LogP contribution is -1.95. The SMILES string of the molecule is COc1cccc([N+](=O)[O-])c1C#CCC=O. The van der Waals surface area contributed by atoms with E-state index in [1.807, 2.05) is 0 Å². The summed E-state index contributed by atoms with van der Waals surface area (Å²) in [6.45, 7) is 0. The number of methoxy groups -OCH3 is 1. The number of hydrogen-bond donors (Lipinski definition) is 0. The molecule has 0 heterocycles. The number of benzene rings is 1. The summed E-state index contributed by atoms with van der Waals surface area (Å²) in [5.74, 6) is 5.41. The molecule has 0 radical (unpaired) electrons. The van der Waals surface area contributed by atoms with Crippen LogP contribution in [-0.2, 0) is 4.79 Å². The number of hydrogen-bond acceptors (Lipinski definition) is 4. The fourth-order valence-electron chi connectivity index (χ4n) is 1.15. The summed E-state index contributed by atoms with van der Waals surface area (Å²) >= 11 is 0. The lowest BCUT2D eigenvalue weighted by Gasteiger charge is -2.02. The van der Waals surface area contributed by atoms with Crippen LogP contribution in [-0.4, -0.2) is 18.3 Å². The van der Waals surface area contributed by atoms with E-state index in [1.165, 1.54) is 19.2 Å². The van der Waals surface area contributed by atoms with Crippen LogP contribution in [0.4, 0.5) is 5.69 Å². The minimum Gasteiger partial charge on any atom is -0.495 e. The van der Waals surface area contributed by atoms with Gasteiger partial charge >= 0.3 is 0 Å². The predicted molar refractivity (Wildman–Crippen MR) is 57.2 cm³/mol. The van der Waals surface area contributed by atoms with Gasteiger partial charge in [-0.2, -0.15) is 0 Å². The molecule has 0 aliphatic rings. The molecule has 0 aromatic heterocycles. The number of nitrogens with zero attached hydrogens (tertiary/aromatic N) is 1. The Hall–Kier alpha value is -2.35. The van der Waals surface area contributed by atoms with Crippen molar-refractivity contribution in [2.75, 3.05) is 7.11 Å². The van der Waals surface area contributed by atoms with Crippen molar-refractivity contribution in [2.45, 2.75) is 6.42 Å². The minimum absolute atomic E-state index is 0.0369. The molecule has 1 rings (SSSR count). The molecule has 0 amide bonds. The third-order valence-corrected chi connectivity index (χ3v) is 1.82. The Bertz CT molecular complexity index is 471. The summed E-state index contributed by atoms with van der Waals surface area (Å²) in [7, 11) is 1.41. The summed E-state index contributed by atoms with van der Waals surface area (Å²) in [6, 6.07) is 4.44. The zero-order chi connectivity index (χ0) is 12.0. The highest BCUT2D eigenvalue weighted by Crippen LogP contribution is 2.26. The zero-order valence-electron chi connectivity index (χ0n) is 8.60. The standard InChI is InChI=1S/C11H9NO4/c1-16-11-7-4-6-10(12(14)15)9(11)5-2-3-8-13/h4,6-8H,3H2,1H3. The first-order valence-corrected chi connectivity index (χ1v) is 4.44. The lowest BCUT2D eigenvalue weighted by atomic mass is 10.1. The van der Waals surface area contributed by atoms with E-state index in [9.17, 15) is 14.9 Å². The van der Waals surface area contributed by atoms with Gasteiger partial charge in [-0.05, 0) is 6.07 Å². The van der Waals surface area contributed by atoms with E-state index >= 15 is 0 Å². The minimum atomic E-state index is -0.534. The van der Waals surface area contributed by atoms with Gasteiger partial charge in [0.1, 0.15) is 17.6 Å². The average molecular weight is 219 g/mol. The third kappa shape index (κ3) is 2.58. The first kappa shape index (κ1) is 11.7. The maximum Gasteiger partial charge on any atom is 0.288 e. The molecule has 0 N–H and O–H groups in total. The molecule has 0 bridgehead atoms. The van der Waals surface area contributed by atoms with Gasteiger partial charge in [-0.25, -0.2) is 0 Å². The van der Waals surface area contributed by atoms with Crippen LogP contribution < -0.4 is 4.74 Å². The van der Waals surface area contributed by atoms with Crippen LogP contribution in [0.3, 0.4) is 0 Å². The molecule has 0 atom stereocenters. The van der Waals surface area contributed by atoms with Crippen LogP contribution in [0.1, 0.15) is 12.0 Å². The molecule has 0 fully saturated rings. The average Bonchev–Trinajstić information content (AvgIpc) is 2.29. The molecular weight excluding hydrogens is 210 g/mol. The number of carbonyl (C=O) groups is 1. The Labute approximate surface area is 92.2 Å². The topological polar surface area (TPSA) is 69.4 Å². The van der Waals surface area contributed by atoms with Crippen molar-refractivity contribution in [3.05, 3.63) is 33.9 Å². The van der Waals surface area contributed by atoms with Crippen LogP contribution >= 0.6 is 0 Å². The summed E-state index contributed by atoms with van der Waals surface area (Å²) in [5.41, 5.74) is 0.0644. The van der Waals surface area contributed by atoms with Crippen LogP contribution in [0.2, 0.25) is 0 Å². The zero-order valence-corrected chi connectivity index (χ0v) is 8.60. The van der Waals surface area contributed by atoms with Crippen LogP contribution in [0, 0.1) is 22.0 Å². The molecule has 5 heteroatoms.